The van der Waals surface area contributed by atoms with Crippen LogP contribution in [0.4, 0.5) is 13.2 Å². The second-order valence-corrected chi connectivity index (χ2v) is 4.90. The molecule has 0 saturated carbocycles. The highest BCUT2D eigenvalue weighted by Gasteiger charge is 2.42. The average Bonchev–Trinajstić information content (AvgIpc) is 2.34. The number of rotatable bonds is 4. The Bertz CT molecular complexity index is 502. The number of Topliss-reactive ketones (excluding diaryl/α,β-unsaturated/α-hetero) is 1. The van der Waals surface area contributed by atoms with E-state index < -0.39 is 17.7 Å². The predicted octanol–water partition coefficient (Wildman–Crippen LogP) is 3.21. The smallest absolute Gasteiger partial charge is 0.302 e. The molecule has 0 aliphatic rings. The predicted molar refractivity (Wildman–Crippen MR) is 71.8 cm³/mol. The van der Waals surface area contributed by atoms with Gasteiger partial charge in [0.2, 0.25) is 0 Å². The van der Waals surface area contributed by atoms with Crippen molar-refractivity contribution in [1.82, 2.24) is 5.01 Å². The van der Waals surface area contributed by atoms with Gasteiger partial charge in [-0.05, 0) is 11.5 Å². The molecule has 0 amide bonds. The summed E-state index contributed by atoms with van der Waals surface area (Å²) in [5.74, 6) is -1.68. The van der Waals surface area contributed by atoms with Crippen LogP contribution in [0.3, 0.4) is 0 Å². The van der Waals surface area contributed by atoms with Crippen molar-refractivity contribution in [1.29, 1.82) is 0 Å². The van der Waals surface area contributed by atoms with Crippen molar-refractivity contribution in [3.05, 3.63) is 35.4 Å². The fourth-order valence-corrected chi connectivity index (χ4v) is 1.59. The summed E-state index contributed by atoms with van der Waals surface area (Å²) in [6.07, 6.45) is -4.94. The standard InChI is InChI=1S/C14H17F3N2O/c1-9(2)10-5-7-11(8-6-10)12(18-19(3)4)13(20)14(15,16)17/h5-9H,1-4H3/b18-12-. The summed E-state index contributed by atoms with van der Waals surface area (Å²) >= 11 is 0. The Balaban J connectivity index is 3.22. The van der Waals surface area contributed by atoms with E-state index in [1.807, 2.05) is 13.8 Å². The van der Waals surface area contributed by atoms with Gasteiger partial charge in [-0.15, -0.1) is 0 Å². The Hall–Kier alpha value is -1.85. The molecule has 0 aromatic heterocycles. The second-order valence-electron chi connectivity index (χ2n) is 4.90. The van der Waals surface area contributed by atoms with Gasteiger partial charge in [-0.1, -0.05) is 38.1 Å². The Morgan fingerprint density at radius 3 is 2.00 bits per heavy atom. The molecule has 0 radical (unpaired) electrons. The highest BCUT2D eigenvalue weighted by Crippen LogP contribution is 2.21. The van der Waals surface area contributed by atoms with Gasteiger partial charge in [0.05, 0.1) is 0 Å². The molecule has 3 nitrogen and oxygen atoms in total. The molecular weight excluding hydrogens is 269 g/mol. The van der Waals surface area contributed by atoms with Gasteiger partial charge >= 0.3 is 6.18 Å². The number of nitrogens with zero attached hydrogens (tertiary/aromatic N) is 2. The fourth-order valence-electron chi connectivity index (χ4n) is 1.59. The Morgan fingerprint density at radius 2 is 1.65 bits per heavy atom. The van der Waals surface area contributed by atoms with Crippen molar-refractivity contribution in [2.45, 2.75) is 25.9 Å². The van der Waals surface area contributed by atoms with E-state index in [1.54, 1.807) is 12.1 Å². The van der Waals surface area contributed by atoms with Crippen LogP contribution < -0.4 is 0 Å². The van der Waals surface area contributed by atoms with Crippen molar-refractivity contribution < 1.29 is 18.0 Å². The molecule has 1 aromatic rings. The largest absolute Gasteiger partial charge is 0.456 e. The number of benzene rings is 1. The van der Waals surface area contributed by atoms with E-state index in [1.165, 1.54) is 31.2 Å². The highest BCUT2D eigenvalue weighted by molar-refractivity contribution is 6.47. The van der Waals surface area contributed by atoms with Crippen molar-refractivity contribution in [2.75, 3.05) is 14.1 Å². The quantitative estimate of drug-likeness (QED) is 0.629. The van der Waals surface area contributed by atoms with Crippen LogP contribution in [0.2, 0.25) is 0 Å². The first-order chi connectivity index (χ1) is 9.12. The molecule has 1 aromatic carbocycles. The SMILES string of the molecule is CC(C)c1ccc(/C(=N/N(C)C)C(=O)C(F)(F)F)cc1. The van der Waals surface area contributed by atoms with Gasteiger partial charge in [0, 0.05) is 19.7 Å². The van der Waals surface area contributed by atoms with E-state index in [-0.39, 0.29) is 11.5 Å². The number of hydrogen-bond acceptors (Lipinski definition) is 3. The number of ketones is 1. The third kappa shape index (κ3) is 4.08. The summed E-state index contributed by atoms with van der Waals surface area (Å²) in [7, 11) is 2.93. The summed E-state index contributed by atoms with van der Waals surface area (Å²) in [5, 5.41) is 4.84. The minimum absolute atomic E-state index is 0.158. The number of hydrazone groups is 1. The molecule has 0 heterocycles. The summed E-state index contributed by atoms with van der Waals surface area (Å²) in [6, 6.07) is 6.38. The molecule has 0 fully saturated rings. The summed E-state index contributed by atoms with van der Waals surface area (Å²) < 4.78 is 37.8. The lowest BCUT2D eigenvalue weighted by atomic mass is 9.99. The first kappa shape index (κ1) is 16.2. The third-order valence-electron chi connectivity index (χ3n) is 2.62. The molecular formula is C14H17F3N2O. The zero-order valence-corrected chi connectivity index (χ0v) is 11.8. The molecule has 0 atom stereocenters. The fraction of sp³-hybridized carbons (Fsp3) is 0.429. The maximum absolute atomic E-state index is 12.6. The molecule has 110 valence electrons. The van der Waals surface area contributed by atoms with E-state index in [0.717, 1.165) is 5.56 Å². The van der Waals surface area contributed by atoms with Crippen LogP contribution in [0.15, 0.2) is 29.4 Å². The number of alkyl halides is 3. The van der Waals surface area contributed by atoms with Crippen LogP contribution in [-0.2, 0) is 4.79 Å². The van der Waals surface area contributed by atoms with Gasteiger partial charge in [-0.3, -0.25) is 4.79 Å². The van der Waals surface area contributed by atoms with Crippen LogP contribution in [0.5, 0.6) is 0 Å². The minimum Gasteiger partial charge on any atom is -0.302 e. The van der Waals surface area contributed by atoms with Crippen LogP contribution in [-0.4, -0.2) is 36.8 Å². The summed E-state index contributed by atoms with van der Waals surface area (Å²) in [4.78, 5) is 11.4. The molecule has 6 heteroatoms. The number of hydrogen-bond donors (Lipinski definition) is 0. The van der Waals surface area contributed by atoms with Crippen LogP contribution >= 0.6 is 0 Å². The van der Waals surface area contributed by atoms with E-state index in [2.05, 4.69) is 5.10 Å². The van der Waals surface area contributed by atoms with Gasteiger partial charge in [-0.2, -0.15) is 18.3 Å². The maximum atomic E-state index is 12.6. The third-order valence-corrected chi connectivity index (χ3v) is 2.62. The molecule has 0 aliphatic carbocycles. The van der Waals surface area contributed by atoms with E-state index in [4.69, 9.17) is 0 Å². The Labute approximate surface area is 116 Å². The highest BCUT2D eigenvalue weighted by atomic mass is 19.4. The van der Waals surface area contributed by atoms with Crippen LogP contribution in [0.25, 0.3) is 0 Å². The van der Waals surface area contributed by atoms with Crippen molar-refractivity contribution >= 4 is 11.5 Å². The van der Waals surface area contributed by atoms with Crippen LogP contribution in [0.1, 0.15) is 30.9 Å². The van der Waals surface area contributed by atoms with Gasteiger partial charge in [0.25, 0.3) is 5.78 Å². The monoisotopic (exact) mass is 286 g/mol. The van der Waals surface area contributed by atoms with Gasteiger partial charge < -0.3 is 5.01 Å². The van der Waals surface area contributed by atoms with Crippen molar-refractivity contribution in [3.8, 4) is 0 Å². The first-order valence-corrected chi connectivity index (χ1v) is 6.10. The Kier molecular flexibility index (Phi) is 4.92. The van der Waals surface area contributed by atoms with Gasteiger partial charge in [0.15, 0.2) is 0 Å². The lowest BCUT2D eigenvalue weighted by Gasteiger charge is -2.13. The molecule has 0 saturated heterocycles. The van der Waals surface area contributed by atoms with Crippen LogP contribution in [0, 0.1) is 0 Å². The zero-order valence-electron chi connectivity index (χ0n) is 11.8. The zero-order chi connectivity index (χ0) is 15.5. The van der Waals surface area contributed by atoms with Gasteiger partial charge in [-0.25, -0.2) is 0 Å². The molecule has 1 rings (SSSR count). The number of carbonyl (C=O) groups is 1. The molecule has 0 aliphatic heterocycles. The van der Waals surface area contributed by atoms with E-state index >= 15 is 0 Å². The molecule has 0 unspecified atom stereocenters. The number of carbonyl (C=O) groups excluding carboxylic acids is 1. The summed E-state index contributed by atoms with van der Waals surface area (Å²) in [5.41, 5.74) is 0.542. The minimum atomic E-state index is -4.94. The molecule has 0 N–H and O–H groups in total. The molecule has 0 spiro atoms. The Morgan fingerprint density at radius 1 is 1.15 bits per heavy atom. The first-order valence-electron chi connectivity index (χ1n) is 6.10. The normalized spacial score (nSPS) is 12.7. The van der Waals surface area contributed by atoms with Gasteiger partial charge in [0.1, 0.15) is 5.71 Å². The van der Waals surface area contributed by atoms with Crippen molar-refractivity contribution in [3.63, 3.8) is 0 Å². The molecule has 20 heavy (non-hydrogen) atoms. The topological polar surface area (TPSA) is 32.7 Å². The van der Waals surface area contributed by atoms with E-state index in [0.29, 0.717) is 0 Å². The lowest BCUT2D eigenvalue weighted by molar-refractivity contribution is -0.163. The van der Waals surface area contributed by atoms with Crippen molar-refractivity contribution in [2.24, 2.45) is 5.10 Å². The van der Waals surface area contributed by atoms with E-state index in [9.17, 15) is 18.0 Å². The second kappa shape index (κ2) is 6.07. The maximum Gasteiger partial charge on any atom is 0.456 e. The summed E-state index contributed by atoms with van der Waals surface area (Å²) in [6.45, 7) is 3.95. The average molecular weight is 286 g/mol. The number of halogens is 3. The lowest BCUT2D eigenvalue weighted by Crippen LogP contribution is -2.32. The molecule has 0 bridgehead atoms.